The first-order chi connectivity index (χ1) is 5.44. The average Bonchev–Trinajstić information content (AvgIpc) is 1.84. The van der Waals surface area contributed by atoms with Gasteiger partial charge in [0.2, 0.25) is 0 Å². The Balaban J connectivity index is 0. The summed E-state index contributed by atoms with van der Waals surface area (Å²) in [7, 11) is -3.05. The van der Waals surface area contributed by atoms with E-state index < -0.39 is 26.4 Å². The summed E-state index contributed by atoms with van der Waals surface area (Å²) < 4.78 is 83.4. The van der Waals surface area contributed by atoms with Crippen LogP contribution in [0.2, 0.25) is 13.1 Å². The van der Waals surface area contributed by atoms with Crippen molar-refractivity contribution in [3.05, 3.63) is 0 Å². The molecule has 0 aromatic carbocycles. The minimum atomic E-state index is -6.20. The summed E-state index contributed by atoms with van der Waals surface area (Å²) >= 11 is 0. The van der Waals surface area contributed by atoms with E-state index in [1.807, 2.05) is 0 Å². The predicted molar refractivity (Wildman–Crippen MR) is 35.9 cm³/mol. The van der Waals surface area contributed by atoms with Crippen LogP contribution < -0.4 is 0 Å². The summed E-state index contributed by atoms with van der Waals surface area (Å²) in [5.74, 6) is -5.93. The van der Waals surface area contributed by atoms with E-state index in [2.05, 4.69) is 0 Å². The van der Waals surface area contributed by atoms with E-state index in [1.165, 1.54) is 0 Å². The summed E-state index contributed by atoms with van der Waals surface area (Å²) in [5.41, 5.74) is -4.98. The van der Waals surface area contributed by atoms with Gasteiger partial charge in [-0.25, -0.2) is 8.78 Å². The van der Waals surface area contributed by atoms with E-state index in [1.54, 1.807) is 0 Å². The van der Waals surface area contributed by atoms with Crippen LogP contribution in [0.3, 0.4) is 0 Å². The van der Waals surface area contributed by atoms with Crippen LogP contribution in [0.15, 0.2) is 0 Å². The Morgan fingerprint density at radius 3 is 1.14 bits per heavy atom. The van der Waals surface area contributed by atoms with Gasteiger partial charge in [-0.15, -0.1) is 0 Å². The molecule has 0 fully saturated rings. The molecule has 0 aliphatic carbocycles. The smallest absolute Gasteiger partial charge is 0.269 e. The average molecular weight is 247 g/mol. The van der Waals surface area contributed by atoms with E-state index in [4.69, 9.17) is 0 Å². The topological polar surface area (TPSA) is 0 Å². The van der Waals surface area contributed by atoms with Crippen molar-refractivity contribution in [2.75, 3.05) is 0 Å². The molecule has 1 radical (unpaired) electrons. The largest absolute Gasteiger partial charge is 0.459 e. The monoisotopic (exact) mass is 247 g/mol. The van der Waals surface area contributed by atoms with Crippen molar-refractivity contribution in [3.63, 3.8) is 0 Å². The summed E-state index contributed by atoms with van der Waals surface area (Å²) in [6.07, 6.45) is -6.20. The van der Waals surface area contributed by atoms with E-state index in [9.17, 15) is 30.7 Å². The third-order valence-electron chi connectivity index (χ3n) is 1.38. The van der Waals surface area contributed by atoms with Crippen molar-refractivity contribution in [1.29, 1.82) is 0 Å². The van der Waals surface area contributed by atoms with Crippen LogP contribution in [-0.2, 0) is 0 Å². The molecule has 0 atom stereocenters. The highest BCUT2D eigenvalue weighted by Crippen LogP contribution is 2.47. The quantitative estimate of drug-likeness (QED) is 0.519. The maximum atomic E-state index is 12.4. The molecule has 0 unspecified atom stereocenters. The minimum Gasteiger partial charge on any atom is -0.269 e. The Hall–Kier alpha value is -0.343. The van der Waals surface area contributed by atoms with Crippen LogP contribution in [-0.4, -0.2) is 26.4 Å². The van der Waals surface area contributed by atoms with Crippen molar-refractivity contribution >= 4 is 8.80 Å². The van der Waals surface area contributed by atoms with Crippen LogP contribution in [0.25, 0.3) is 0 Å². The molecule has 9 heteroatoms. The number of rotatable bonds is 2. The molecule has 14 heavy (non-hydrogen) atoms. The van der Waals surface area contributed by atoms with Crippen molar-refractivity contribution in [1.82, 2.24) is 0 Å². The zero-order chi connectivity index (χ0) is 11.1. The van der Waals surface area contributed by atoms with Gasteiger partial charge in [-0.05, 0) is 0 Å². The molecule has 0 rings (SSSR count). The Morgan fingerprint density at radius 1 is 0.786 bits per heavy atom. The van der Waals surface area contributed by atoms with Gasteiger partial charge in [0, 0.05) is 0 Å². The first-order valence-electron chi connectivity index (χ1n) is 3.07. The lowest BCUT2D eigenvalue weighted by atomic mass is 10.3. The third kappa shape index (κ3) is 2.37. The lowest BCUT2D eigenvalue weighted by Gasteiger charge is -2.30. The van der Waals surface area contributed by atoms with Gasteiger partial charge in [0.25, 0.3) is 5.55 Å². The van der Waals surface area contributed by atoms with Gasteiger partial charge in [-0.1, -0.05) is 13.1 Å². The number of hydrogen-bond donors (Lipinski definition) is 0. The molecule has 0 nitrogen and oxygen atoms in total. The Kier molecular flexibility index (Phi) is 4.64. The van der Waals surface area contributed by atoms with Crippen LogP contribution in [0.1, 0.15) is 0 Å². The SMILES string of the molecule is C[Si](C)C(F)(F)C(F)(F)C(F)(F)F.F. The van der Waals surface area contributed by atoms with Gasteiger partial charge in [0.05, 0.1) is 0 Å². The molecule has 0 aliphatic rings. The second-order valence-electron chi connectivity index (χ2n) is 2.65. The number of alkyl halides is 7. The fourth-order valence-corrected chi connectivity index (χ4v) is 1.26. The molecular formula is C5H7F8Si. The lowest BCUT2D eigenvalue weighted by molar-refractivity contribution is -0.334. The minimum absolute atomic E-state index is 0. The Bertz CT molecular complexity index is 183. The molecule has 0 spiro atoms. The first kappa shape index (κ1) is 16.1. The molecule has 0 aromatic rings. The predicted octanol–water partition coefficient (Wildman–Crippen LogP) is 3.27. The molecule has 0 saturated carbocycles. The maximum absolute atomic E-state index is 12.4. The molecular weight excluding hydrogens is 240 g/mol. The fraction of sp³-hybridized carbons (Fsp3) is 1.00. The van der Waals surface area contributed by atoms with Crippen LogP contribution in [0, 0.1) is 0 Å². The Morgan fingerprint density at radius 2 is 1.07 bits per heavy atom. The summed E-state index contributed by atoms with van der Waals surface area (Å²) in [6.45, 7) is 1.40. The lowest BCUT2D eigenvalue weighted by Crippen LogP contribution is -2.57. The van der Waals surface area contributed by atoms with Gasteiger partial charge in [-0.3, -0.25) is 4.70 Å². The fourth-order valence-electron chi connectivity index (χ4n) is 0.492. The van der Waals surface area contributed by atoms with E-state index >= 15 is 0 Å². The molecule has 0 heterocycles. The second-order valence-corrected chi connectivity index (χ2v) is 5.27. The summed E-state index contributed by atoms with van der Waals surface area (Å²) in [6, 6.07) is 0. The first-order valence-corrected chi connectivity index (χ1v) is 5.57. The van der Waals surface area contributed by atoms with Crippen LogP contribution in [0.5, 0.6) is 0 Å². The van der Waals surface area contributed by atoms with Gasteiger partial charge >= 0.3 is 12.1 Å². The Labute approximate surface area is 76.1 Å². The normalized spacial score (nSPS) is 14.1. The second kappa shape index (κ2) is 4.03. The number of halogens is 8. The highest BCUT2D eigenvalue weighted by atomic mass is 28.3. The summed E-state index contributed by atoms with van der Waals surface area (Å²) in [4.78, 5) is 0. The maximum Gasteiger partial charge on any atom is 0.459 e. The highest BCUT2D eigenvalue weighted by molar-refractivity contribution is 6.58. The van der Waals surface area contributed by atoms with E-state index in [-0.39, 0.29) is 4.70 Å². The third-order valence-corrected chi connectivity index (χ3v) is 2.95. The molecule has 0 saturated heterocycles. The molecule has 87 valence electrons. The molecule has 0 amide bonds. The molecule has 0 aliphatic heterocycles. The molecule has 0 N–H and O–H groups in total. The van der Waals surface area contributed by atoms with Crippen LogP contribution >= 0.6 is 0 Å². The molecule has 0 aromatic heterocycles. The van der Waals surface area contributed by atoms with E-state index in [0.29, 0.717) is 13.1 Å². The van der Waals surface area contributed by atoms with Crippen LogP contribution in [0.4, 0.5) is 35.4 Å². The zero-order valence-electron chi connectivity index (χ0n) is 7.05. The van der Waals surface area contributed by atoms with Gasteiger partial charge in [-0.2, -0.15) is 22.0 Å². The van der Waals surface area contributed by atoms with Crippen molar-refractivity contribution in [2.24, 2.45) is 0 Å². The van der Waals surface area contributed by atoms with Gasteiger partial charge in [0.15, 0.2) is 0 Å². The standard InChI is InChI=1S/C5H6F7Si.FH/c1-13(2)5(11,12)3(6,7)4(8,9)10;/h1-2H3;1H. The zero-order valence-corrected chi connectivity index (χ0v) is 8.05. The molecule has 0 bridgehead atoms. The van der Waals surface area contributed by atoms with Crippen molar-refractivity contribution in [2.45, 2.75) is 30.7 Å². The van der Waals surface area contributed by atoms with Gasteiger partial charge < -0.3 is 0 Å². The highest BCUT2D eigenvalue weighted by Gasteiger charge is 2.73. The number of hydrogen-bond acceptors (Lipinski definition) is 0. The van der Waals surface area contributed by atoms with Crippen molar-refractivity contribution in [3.8, 4) is 0 Å². The summed E-state index contributed by atoms with van der Waals surface area (Å²) in [5, 5.41) is 0. The van der Waals surface area contributed by atoms with E-state index in [0.717, 1.165) is 0 Å². The van der Waals surface area contributed by atoms with Crippen molar-refractivity contribution < 1.29 is 35.4 Å². The van der Waals surface area contributed by atoms with Gasteiger partial charge in [0.1, 0.15) is 8.80 Å².